The minimum atomic E-state index is 0.530. The molecule has 88 valence electrons. The first-order chi connectivity index (χ1) is 7.09. The van der Waals surface area contributed by atoms with Crippen LogP contribution in [0.15, 0.2) is 0 Å². The highest BCUT2D eigenvalue weighted by atomic mass is 32.2. The first-order valence-electron chi connectivity index (χ1n) is 6.47. The zero-order chi connectivity index (χ0) is 10.9. The van der Waals surface area contributed by atoms with Crippen LogP contribution in [-0.2, 0) is 0 Å². The Hall–Kier alpha value is 0.310. The molecule has 1 heterocycles. The van der Waals surface area contributed by atoms with Gasteiger partial charge in [-0.1, -0.05) is 27.2 Å². The Bertz CT molecular complexity index is 215. The lowest BCUT2D eigenvalue weighted by Gasteiger charge is -2.36. The lowest BCUT2D eigenvalue weighted by atomic mass is 9.86. The molecule has 2 fully saturated rings. The molecule has 0 aromatic carbocycles. The molecule has 2 rings (SSSR count). The average molecular weight is 227 g/mol. The SMILES string of the molecule is CC1SCCCC1NC1CCCC1(C)C. The molecule has 0 amide bonds. The van der Waals surface area contributed by atoms with Gasteiger partial charge in [-0.05, 0) is 36.9 Å². The number of hydrogen-bond acceptors (Lipinski definition) is 2. The second-order valence-corrected chi connectivity index (χ2v) is 7.41. The minimum Gasteiger partial charge on any atom is -0.310 e. The van der Waals surface area contributed by atoms with Gasteiger partial charge in [0, 0.05) is 17.3 Å². The molecule has 0 bridgehead atoms. The van der Waals surface area contributed by atoms with Crippen molar-refractivity contribution in [2.24, 2.45) is 5.41 Å². The van der Waals surface area contributed by atoms with E-state index in [9.17, 15) is 0 Å². The molecule has 1 aliphatic carbocycles. The van der Waals surface area contributed by atoms with Crippen LogP contribution < -0.4 is 5.32 Å². The summed E-state index contributed by atoms with van der Waals surface area (Å²) in [6.45, 7) is 7.25. The van der Waals surface area contributed by atoms with Gasteiger partial charge in [0.15, 0.2) is 0 Å². The predicted molar refractivity (Wildman–Crippen MR) is 69.5 cm³/mol. The van der Waals surface area contributed by atoms with E-state index in [2.05, 4.69) is 37.8 Å². The van der Waals surface area contributed by atoms with E-state index in [0.717, 1.165) is 17.3 Å². The van der Waals surface area contributed by atoms with Gasteiger partial charge >= 0.3 is 0 Å². The van der Waals surface area contributed by atoms with Crippen LogP contribution in [0.25, 0.3) is 0 Å². The highest BCUT2D eigenvalue weighted by Crippen LogP contribution is 2.38. The predicted octanol–water partition coefficient (Wildman–Crippen LogP) is 3.44. The lowest BCUT2D eigenvalue weighted by Crippen LogP contribution is -2.48. The van der Waals surface area contributed by atoms with Crippen LogP contribution in [0, 0.1) is 5.41 Å². The molecule has 0 aromatic rings. The van der Waals surface area contributed by atoms with Crippen LogP contribution in [-0.4, -0.2) is 23.1 Å². The summed E-state index contributed by atoms with van der Waals surface area (Å²) in [6, 6.07) is 1.54. The van der Waals surface area contributed by atoms with E-state index in [-0.39, 0.29) is 0 Å². The molecular formula is C13H25NS. The van der Waals surface area contributed by atoms with Crippen molar-refractivity contribution in [2.75, 3.05) is 5.75 Å². The van der Waals surface area contributed by atoms with Gasteiger partial charge < -0.3 is 5.32 Å². The molecule has 2 aliphatic rings. The van der Waals surface area contributed by atoms with E-state index in [0.29, 0.717) is 5.41 Å². The summed E-state index contributed by atoms with van der Waals surface area (Å²) >= 11 is 2.15. The van der Waals surface area contributed by atoms with E-state index in [1.807, 2.05) is 0 Å². The van der Waals surface area contributed by atoms with Crippen molar-refractivity contribution < 1.29 is 0 Å². The molecule has 1 saturated carbocycles. The quantitative estimate of drug-likeness (QED) is 0.775. The summed E-state index contributed by atoms with van der Waals surface area (Å²) in [5, 5.41) is 4.75. The van der Waals surface area contributed by atoms with Crippen LogP contribution in [0.3, 0.4) is 0 Å². The first kappa shape index (κ1) is 11.8. The largest absolute Gasteiger partial charge is 0.310 e. The van der Waals surface area contributed by atoms with Crippen LogP contribution in [0.1, 0.15) is 52.9 Å². The third-order valence-electron chi connectivity index (χ3n) is 4.28. The maximum absolute atomic E-state index is 3.94. The van der Waals surface area contributed by atoms with Crippen molar-refractivity contribution in [1.29, 1.82) is 0 Å². The Morgan fingerprint density at radius 3 is 2.60 bits per heavy atom. The smallest absolute Gasteiger partial charge is 0.0186 e. The summed E-state index contributed by atoms with van der Waals surface area (Å²) in [5.74, 6) is 1.37. The Kier molecular flexibility index (Phi) is 3.67. The minimum absolute atomic E-state index is 0.530. The fourth-order valence-electron chi connectivity index (χ4n) is 3.04. The molecule has 3 unspecified atom stereocenters. The van der Waals surface area contributed by atoms with E-state index in [1.54, 1.807) is 0 Å². The van der Waals surface area contributed by atoms with Gasteiger partial charge in [0.2, 0.25) is 0 Å². The molecule has 15 heavy (non-hydrogen) atoms. The topological polar surface area (TPSA) is 12.0 Å². The molecule has 3 atom stereocenters. The van der Waals surface area contributed by atoms with E-state index >= 15 is 0 Å². The zero-order valence-electron chi connectivity index (χ0n) is 10.4. The van der Waals surface area contributed by atoms with E-state index < -0.39 is 0 Å². The molecular weight excluding hydrogens is 202 g/mol. The van der Waals surface area contributed by atoms with Gasteiger partial charge in [0.05, 0.1) is 0 Å². The zero-order valence-corrected chi connectivity index (χ0v) is 11.2. The molecule has 1 aliphatic heterocycles. The molecule has 0 aromatic heterocycles. The van der Waals surface area contributed by atoms with Crippen molar-refractivity contribution in [3.05, 3.63) is 0 Å². The number of hydrogen-bond donors (Lipinski definition) is 1. The number of nitrogens with one attached hydrogen (secondary N) is 1. The average Bonchev–Trinajstić information content (AvgIpc) is 2.50. The maximum Gasteiger partial charge on any atom is 0.0186 e. The monoisotopic (exact) mass is 227 g/mol. The van der Waals surface area contributed by atoms with Crippen LogP contribution in [0.4, 0.5) is 0 Å². The normalized spacial score (nSPS) is 40.6. The second-order valence-electron chi connectivity index (χ2n) is 5.92. The standard InChI is InChI=1S/C13H25NS/c1-10-11(6-5-9-15-10)14-12-7-4-8-13(12,2)3/h10-12,14H,4-9H2,1-3H3. The fourth-order valence-corrected chi connectivity index (χ4v) is 4.19. The fraction of sp³-hybridized carbons (Fsp3) is 1.00. The lowest BCUT2D eigenvalue weighted by molar-refractivity contribution is 0.253. The van der Waals surface area contributed by atoms with Crippen molar-refractivity contribution in [1.82, 2.24) is 5.32 Å². The van der Waals surface area contributed by atoms with Crippen LogP contribution >= 0.6 is 11.8 Å². The van der Waals surface area contributed by atoms with Crippen LogP contribution in [0.2, 0.25) is 0 Å². The molecule has 2 heteroatoms. The Labute approximate surface area is 98.8 Å². The van der Waals surface area contributed by atoms with Crippen molar-refractivity contribution >= 4 is 11.8 Å². The molecule has 0 spiro atoms. The van der Waals surface area contributed by atoms with E-state index in [4.69, 9.17) is 0 Å². The summed E-state index contributed by atoms with van der Waals surface area (Å²) in [7, 11) is 0. The van der Waals surface area contributed by atoms with Crippen molar-refractivity contribution in [2.45, 2.75) is 70.2 Å². The first-order valence-corrected chi connectivity index (χ1v) is 7.52. The summed E-state index contributed by atoms with van der Waals surface area (Å²) in [6.07, 6.45) is 7.00. The van der Waals surface area contributed by atoms with E-state index in [1.165, 1.54) is 37.9 Å². The third-order valence-corrected chi connectivity index (χ3v) is 5.66. The van der Waals surface area contributed by atoms with Crippen molar-refractivity contribution in [3.8, 4) is 0 Å². The summed E-state index contributed by atoms with van der Waals surface area (Å²) in [5.41, 5.74) is 0.530. The Morgan fingerprint density at radius 1 is 1.20 bits per heavy atom. The highest BCUT2D eigenvalue weighted by Gasteiger charge is 2.36. The summed E-state index contributed by atoms with van der Waals surface area (Å²) in [4.78, 5) is 0. The maximum atomic E-state index is 3.94. The third kappa shape index (κ3) is 2.71. The summed E-state index contributed by atoms with van der Waals surface area (Å²) < 4.78 is 0. The second kappa shape index (κ2) is 4.67. The van der Waals surface area contributed by atoms with Gasteiger partial charge in [-0.2, -0.15) is 11.8 Å². The molecule has 1 saturated heterocycles. The van der Waals surface area contributed by atoms with Gasteiger partial charge in [0.1, 0.15) is 0 Å². The number of thioether (sulfide) groups is 1. The van der Waals surface area contributed by atoms with Crippen LogP contribution in [0.5, 0.6) is 0 Å². The van der Waals surface area contributed by atoms with Crippen molar-refractivity contribution in [3.63, 3.8) is 0 Å². The molecule has 1 N–H and O–H groups in total. The van der Waals surface area contributed by atoms with Gasteiger partial charge in [0.25, 0.3) is 0 Å². The molecule has 0 radical (unpaired) electrons. The Morgan fingerprint density at radius 2 is 2.00 bits per heavy atom. The molecule has 1 nitrogen and oxygen atoms in total. The number of rotatable bonds is 2. The Balaban J connectivity index is 1.90. The van der Waals surface area contributed by atoms with Gasteiger partial charge in [-0.15, -0.1) is 0 Å². The van der Waals surface area contributed by atoms with Gasteiger partial charge in [-0.3, -0.25) is 0 Å². The van der Waals surface area contributed by atoms with Gasteiger partial charge in [-0.25, -0.2) is 0 Å². The highest BCUT2D eigenvalue weighted by molar-refractivity contribution is 7.99.